The normalized spacial score (nSPS) is 12.5. The van der Waals surface area contributed by atoms with E-state index in [1.165, 1.54) is 29.2 Å². The van der Waals surface area contributed by atoms with Gasteiger partial charge in [0.1, 0.15) is 12.6 Å². The minimum absolute atomic E-state index is 0.00604. The first-order chi connectivity index (χ1) is 18.3. The average molecular weight is 570 g/mol. The molecule has 2 amide bonds. The summed E-state index contributed by atoms with van der Waals surface area (Å²) in [5.74, 6) is -0.783. The molecule has 0 saturated carbocycles. The van der Waals surface area contributed by atoms with Crippen LogP contribution in [0.4, 0.5) is 5.69 Å². The molecule has 3 rings (SSSR count). The van der Waals surface area contributed by atoms with E-state index in [1.807, 2.05) is 58.9 Å². The highest BCUT2D eigenvalue weighted by Gasteiger charge is 2.34. The minimum Gasteiger partial charge on any atom is -0.350 e. The molecule has 208 valence electrons. The minimum atomic E-state index is -4.14. The maximum Gasteiger partial charge on any atom is 0.264 e. The Morgan fingerprint density at radius 1 is 0.923 bits per heavy atom. The fourth-order valence-electron chi connectivity index (χ4n) is 4.20. The molecule has 7 nitrogen and oxygen atoms in total. The maximum absolute atomic E-state index is 14.1. The van der Waals surface area contributed by atoms with Gasteiger partial charge in [-0.3, -0.25) is 13.9 Å². The van der Waals surface area contributed by atoms with E-state index in [4.69, 9.17) is 11.6 Å². The lowest BCUT2D eigenvalue weighted by Crippen LogP contribution is -2.55. The largest absolute Gasteiger partial charge is 0.350 e. The summed E-state index contributed by atoms with van der Waals surface area (Å²) < 4.78 is 28.7. The lowest BCUT2D eigenvalue weighted by atomic mass is 10.0. The molecule has 3 aromatic rings. The van der Waals surface area contributed by atoms with Gasteiger partial charge in [-0.1, -0.05) is 61.0 Å². The molecule has 0 bridgehead atoms. The van der Waals surface area contributed by atoms with Crippen LogP contribution >= 0.6 is 11.6 Å². The lowest BCUT2D eigenvalue weighted by molar-refractivity contribution is -0.141. The third-order valence-corrected chi connectivity index (χ3v) is 8.25. The third-order valence-electron chi connectivity index (χ3n) is 6.21. The van der Waals surface area contributed by atoms with Crippen LogP contribution in [0.3, 0.4) is 0 Å². The second-order valence-corrected chi connectivity index (χ2v) is 12.7. The van der Waals surface area contributed by atoms with Crippen LogP contribution < -0.4 is 9.62 Å². The van der Waals surface area contributed by atoms with Crippen LogP contribution in [0.2, 0.25) is 5.02 Å². The molecule has 9 heteroatoms. The Morgan fingerprint density at radius 3 is 2.08 bits per heavy atom. The zero-order chi connectivity index (χ0) is 28.8. The van der Waals surface area contributed by atoms with Crippen molar-refractivity contribution in [2.24, 2.45) is 0 Å². The summed E-state index contributed by atoms with van der Waals surface area (Å²) in [7, 11) is -4.14. The molecule has 0 aliphatic rings. The van der Waals surface area contributed by atoms with Gasteiger partial charge in [-0.25, -0.2) is 8.42 Å². The molecule has 0 fully saturated rings. The predicted molar refractivity (Wildman–Crippen MR) is 156 cm³/mol. The average Bonchev–Trinajstić information content (AvgIpc) is 2.87. The Hall–Kier alpha value is -3.36. The summed E-state index contributed by atoms with van der Waals surface area (Å²) >= 11 is 5.99. The van der Waals surface area contributed by atoms with Crippen LogP contribution in [-0.4, -0.2) is 43.3 Å². The first-order valence-electron chi connectivity index (χ1n) is 12.8. The first kappa shape index (κ1) is 30.2. The van der Waals surface area contributed by atoms with Crippen molar-refractivity contribution >= 4 is 39.1 Å². The van der Waals surface area contributed by atoms with Gasteiger partial charge in [0, 0.05) is 17.1 Å². The summed E-state index contributed by atoms with van der Waals surface area (Å²) in [6, 6.07) is 21.1. The number of amides is 2. The lowest BCUT2D eigenvalue weighted by Gasteiger charge is -2.35. The van der Waals surface area contributed by atoms with Crippen LogP contribution in [0.1, 0.15) is 45.2 Å². The number of sulfonamides is 1. The molecule has 0 aromatic heterocycles. The van der Waals surface area contributed by atoms with Gasteiger partial charge in [-0.2, -0.15) is 0 Å². The summed E-state index contributed by atoms with van der Waals surface area (Å²) in [6.45, 7) is 9.08. The van der Waals surface area contributed by atoms with Crippen LogP contribution in [0.25, 0.3) is 0 Å². The van der Waals surface area contributed by atoms with Gasteiger partial charge in [0.15, 0.2) is 0 Å². The number of nitrogens with zero attached hydrogens (tertiary/aromatic N) is 2. The van der Waals surface area contributed by atoms with E-state index in [0.717, 1.165) is 15.4 Å². The van der Waals surface area contributed by atoms with Crippen molar-refractivity contribution < 1.29 is 18.0 Å². The van der Waals surface area contributed by atoms with Crippen molar-refractivity contribution in [1.29, 1.82) is 0 Å². The maximum atomic E-state index is 14.1. The summed E-state index contributed by atoms with van der Waals surface area (Å²) in [6.07, 6.45) is 0.356. The molecule has 0 aliphatic heterocycles. The third kappa shape index (κ3) is 7.83. The Morgan fingerprint density at radius 2 is 1.51 bits per heavy atom. The van der Waals surface area contributed by atoms with Gasteiger partial charge in [-0.15, -0.1) is 0 Å². The van der Waals surface area contributed by atoms with Crippen molar-refractivity contribution in [2.75, 3.05) is 10.8 Å². The van der Waals surface area contributed by atoms with E-state index in [1.54, 1.807) is 30.3 Å². The highest BCUT2D eigenvalue weighted by atomic mass is 35.5. The summed E-state index contributed by atoms with van der Waals surface area (Å²) in [5.41, 5.74) is 1.68. The Bertz CT molecular complexity index is 1390. The molecule has 0 heterocycles. The zero-order valence-electron chi connectivity index (χ0n) is 23.0. The Balaban J connectivity index is 2.06. The number of aryl methyl sites for hydroxylation is 1. The quantitative estimate of drug-likeness (QED) is 0.346. The molecule has 39 heavy (non-hydrogen) atoms. The number of halogens is 1. The topological polar surface area (TPSA) is 86.8 Å². The fraction of sp³-hybridized carbons (Fsp3) is 0.333. The van der Waals surface area contributed by atoms with Gasteiger partial charge in [0.25, 0.3) is 10.0 Å². The molecular formula is C30H36ClN3O4S. The van der Waals surface area contributed by atoms with Crippen molar-refractivity contribution in [2.45, 2.75) is 64.1 Å². The monoisotopic (exact) mass is 569 g/mol. The van der Waals surface area contributed by atoms with Crippen molar-refractivity contribution in [3.05, 3.63) is 95.0 Å². The molecule has 1 N–H and O–H groups in total. The standard InChI is InChI=1S/C30H36ClN3O4S/c1-6-27(29(36)32-30(3,4)5)33(20-23-13-11-10-12-22(23)2)28(35)21-34(25-14-8-7-9-15-25)39(37,38)26-18-16-24(31)17-19-26/h7-19,27H,6,20-21H2,1-5H3,(H,32,36)/t27-/m1/s1. The van der Waals surface area contributed by atoms with E-state index in [-0.39, 0.29) is 17.3 Å². The second kappa shape index (κ2) is 12.7. The van der Waals surface area contributed by atoms with E-state index < -0.39 is 34.1 Å². The van der Waals surface area contributed by atoms with Gasteiger partial charge in [-0.05, 0) is 81.6 Å². The number of hydrogen-bond acceptors (Lipinski definition) is 4. The summed E-state index contributed by atoms with van der Waals surface area (Å²) in [4.78, 5) is 28.9. The Labute approximate surface area is 236 Å². The van der Waals surface area contributed by atoms with Gasteiger partial charge in [0.2, 0.25) is 11.8 Å². The van der Waals surface area contributed by atoms with E-state index >= 15 is 0 Å². The Kier molecular flexibility index (Phi) is 9.80. The van der Waals surface area contributed by atoms with E-state index in [0.29, 0.717) is 17.1 Å². The van der Waals surface area contributed by atoms with E-state index in [2.05, 4.69) is 5.32 Å². The van der Waals surface area contributed by atoms with Gasteiger partial charge < -0.3 is 10.2 Å². The molecule has 0 spiro atoms. The van der Waals surface area contributed by atoms with Gasteiger partial charge in [0.05, 0.1) is 10.6 Å². The molecule has 3 aromatic carbocycles. The number of para-hydroxylation sites is 1. The van der Waals surface area contributed by atoms with Crippen molar-refractivity contribution in [1.82, 2.24) is 10.2 Å². The smallest absolute Gasteiger partial charge is 0.264 e. The van der Waals surface area contributed by atoms with Gasteiger partial charge >= 0.3 is 0 Å². The van der Waals surface area contributed by atoms with Crippen molar-refractivity contribution in [3.63, 3.8) is 0 Å². The number of carbonyl (C=O) groups excluding carboxylic acids is 2. The van der Waals surface area contributed by atoms with Crippen LogP contribution in [0.5, 0.6) is 0 Å². The van der Waals surface area contributed by atoms with Crippen LogP contribution in [0, 0.1) is 6.92 Å². The molecule has 1 atom stereocenters. The number of carbonyl (C=O) groups is 2. The number of nitrogens with one attached hydrogen (secondary N) is 1. The highest BCUT2D eigenvalue weighted by Crippen LogP contribution is 2.26. The molecule has 0 aliphatic carbocycles. The number of hydrogen-bond donors (Lipinski definition) is 1. The van der Waals surface area contributed by atoms with Crippen LogP contribution in [-0.2, 0) is 26.2 Å². The molecule has 0 saturated heterocycles. The number of anilines is 1. The first-order valence-corrected chi connectivity index (χ1v) is 14.6. The van der Waals surface area contributed by atoms with Crippen molar-refractivity contribution in [3.8, 4) is 0 Å². The predicted octanol–water partition coefficient (Wildman–Crippen LogP) is 5.57. The van der Waals surface area contributed by atoms with Crippen LogP contribution in [0.15, 0.2) is 83.8 Å². The number of benzene rings is 3. The molecule has 0 radical (unpaired) electrons. The molecule has 0 unspecified atom stereocenters. The van der Waals surface area contributed by atoms with E-state index in [9.17, 15) is 18.0 Å². The highest BCUT2D eigenvalue weighted by molar-refractivity contribution is 7.92. The summed E-state index contributed by atoms with van der Waals surface area (Å²) in [5, 5.41) is 3.37. The fourth-order valence-corrected chi connectivity index (χ4v) is 5.74. The second-order valence-electron chi connectivity index (χ2n) is 10.4. The molecular weight excluding hydrogens is 534 g/mol. The zero-order valence-corrected chi connectivity index (χ0v) is 24.6. The SMILES string of the molecule is CC[C@H](C(=O)NC(C)(C)C)N(Cc1ccccc1C)C(=O)CN(c1ccccc1)S(=O)(=O)c1ccc(Cl)cc1. The number of rotatable bonds is 10.